The first-order valence-electron chi connectivity index (χ1n) is 11.6. The molecule has 2 saturated heterocycles. The Balaban J connectivity index is 1.42. The second-order valence-corrected chi connectivity index (χ2v) is 9.32. The lowest BCUT2D eigenvalue weighted by Crippen LogP contribution is -2.60. The average molecular weight is 483 g/mol. The number of pyridine rings is 2. The summed E-state index contributed by atoms with van der Waals surface area (Å²) < 4.78 is 39.1. The molecular weight excluding hydrogens is 457 g/mol. The number of fused-ring (bicyclic) bond motifs is 3. The van der Waals surface area contributed by atoms with Gasteiger partial charge in [0.15, 0.2) is 5.82 Å². The summed E-state index contributed by atoms with van der Waals surface area (Å²) in [7, 11) is 0. The Kier molecular flexibility index (Phi) is 5.90. The molecule has 35 heavy (non-hydrogen) atoms. The first-order valence-corrected chi connectivity index (χ1v) is 11.6. The summed E-state index contributed by atoms with van der Waals surface area (Å²) in [6.07, 6.45) is 3.95. The fraction of sp³-hybridized carbons (Fsp3) is 0.400. The Bertz CT molecular complexity index is 1250. The number of piperidine rings is 2. The largest absolute Gasteiger partial charge is 0.417 e. The Hall–Kier alpha value is -3.56. The highest BCUT2D eigenvalue weighted by molar-refractivity contribution is 5.98. The first-order chi connectivity index (χ1) is 16.7. The van der Waals surface area contributed by atoms with E-state index in [9.17, 15) is 18.0 Å². The van der Waals surface area contributed by atoms with Crippen LogP contribution < -0.4 is 5.32 Å². The van der Waals surface area contributed by atoms with Gasteiger partial charge in [-0.25, -0.2) is 15.0 Å². The van der Waals surface area contributed by atoms with Gasteiger partial charge in [-0.1, -0.05) is 0 Å². The van der Waals surface area contributed by atoms with E-state index in [0.29, 0.717) is 35.0 Å². The van der Waals surface area contributed by atoms with Gasteiger partial charge in [0.05, 0.1) is 17.2 Å². The molecule has 0 aromatic carbocycles. The lowest BCUT2D eigenvalue weighted by molar-refractivity contribution is -0.137. The third-order valence-electron chi connectivity index (χ3n) is 6.80. The topological polar surface area (TPSA) is 83.9 Å². The summed E-state index contributed by atoms with van der Waals surface area (Å²) in [4.78, 5) is 32.7. The molecule has 6 rings (SSSR count). The van der Waals surface area contributed by atoms with Crippen LogP contribution in [0.2, 0.25) is 0 Å². The molecule has 1 N–H and O–H groups in total. The molecule has 0 radical (unpaired) electrons. The van der Waals surface area contributed by atoms with Gasteiger partial charge in [-0.15, -0.1) is 0 Å². The number of aryl methyl sites for hydroxylation is 2. The lowest BCUT2D eigenvalue weighted by Gasteiger charge is -2.50. The maximum absolute atomic E-state index is 13.8. The normalized spacial score (nSPS) is 21.7. The molecule has 2 aliphatic heterocycles. The number of carbonyl (C=O) groups is 1. The quantitative estimate of drug-likeness (QED) is 0.582. The SMILES string of the molecule is Cc1cnc(C(=O)N2CC3CCC2C(Nc2ncc(C(F)(F)F)cc2C)C3)c(-c2ncccn2)c1. The molecule has 3 aromatic heterocycles. The number of hydrogen-bond donors (Lipinski definition) is 1. The minimum absolute atomic E-state index is 0.115. The van der Waals surface area contributed by atoms with Crippen molar-refractivity contribution in [1.29, 1.82) is 0 Å². The third kappa shape index (κ3) is 4.56. The molecule has 3 atom stereocenters. The molecule has 1 amide bonds. The minimum Gasteiger partial charge on any atom is -0.365 e. The van der Waals surface area contributed by atoms with Crippen LogP contribution >= 0.6 is 0 Å². The summed E-state index contributed by atoms with van der Waals surface area (Å²) in [5.74, 6) is 0.951. The smallest absolute Gasteiger partial charge is 0.365 e. The van der Waals surface area contributed by atoms with Crippen molar-refractivity contribution in [1.82, 2.24) is 24.8 Å². The minimum atomic E-state index is -4.44. The Morgan fingerprint density at radius 2 is 1.83 bits per heavy atom. The van der Waals surface area contributed by atoms with Crippen molar-refractivity contribution in [2.45, 2.75) is 51.4 Å². The Labute approximate surface area is 200 Å². The third-order valence-corrected chi connectivity index (χ3v) is 6.80. The first kappa shape index (κ1) is 23.2. The van der Waals surface area contributed by atoms with E-state index < -0.39 is 11.7 Å². The van der Waals surface area contributed by atoms with E-state index in [4.69, 9.17) is 0 Å². The van der Waals surface area contributed by atoms with E-state index >= 15 is 0 Å². The van der Waals surface area contributed by atoms with Crippen LogP contribution in [-0.4, -0.2) is 49.4 Å². The number of nitrogens with one attached hydrogen (secondary N) is 1. The molecule has 3 aromatic rings. The van der Waals surface area contributed by atoms with Gasteiger partial charge in [-0.2, -0.15) is 13.2 Å². The van der Waals surface area contributed by atoms with Crippen LogP contribution in [0.4, 0.5) is 19.0 Å². The van der Waals surface area contributed by atoms with Crippen LogP contribution in [0.1, 0.15) is 46.4 Å². The zero-order chi connectivity index (χ0) is 24.7. The van der Waals surface area contributed by atoms with Gasteiger partial charge in [0.1, 0.15) is 11.5 Å². The van der Waals surface area contributed by atoms with Crippen LogP contribution in [0.25, 0.3) is 11.4 Å². The molecule has 0 spiro atoms. The van der Waals surface area contributed by atoms with Gasteiger partial charge < -0.3 is 10.2 Å². The highest BCUT2D eigenvalue weighted by Gasteiger charge is 2.44. The van der Waals surface area contributed by atoms with Gasteiger partial charge >= 0.3 is 6.18 Å². The highest BCUT2D eigenvalue weighted by atomic mass is 19.4. The molecule has 5 heterocycles. The summed E-state index contributed by atoms with van der Waals surface area (Å²) >= 11 is 0. The van der Waals surface area contributed by atoms with Gasteiger partial charge in [0, 0.05) is 37.4 Å². The number of alkyl halides is 3. The number of hydrogen-bond acceptors (Lipinski definition) is 6. The van der Waals surface area contributed by atoms with E-state index in [1.54, 1.807) is 31.6 Å². The van der Waals surface area contributed by atoms with Crippen molar-refractivity contribution in [3.8, 4) is 11.4 Å². The van der Waals surface area contributed by atoms with E-state index in [-0.39, 0.29) is 23.9 Å². The van der Waals surface area contributed by atoms with E-state index in [2.05, 4.69) is 25.3 Å². The van der Waals surface area contributed by atoms with Gasteiger partial charge in [0.2, 0.25) is 0 Å². The summed E-state index contributed by atoms with van der Waals surface area (Å²) in [5, 5.41) is 3.33. The van der Waals surface area contributed by atoms with E-state index in [1.807, 2.05) is 17.9 Å². The van der Waals surface area contributed by atoms with Crippen LogP contribution in [0.5, 0.6) is 0 Å². The fourth-order valence-corrected chi connectivity index (χ4v) is 5.12. The molecule has 3 fully saturated rings. The average Bonchev–Trinajstić information content (AvgIpc) is 2.85. The number of carbonyl (C=O) groups excluding carboxylic acids is 1. The van der Waals surface area contributed by atoms with Crippen LogP contribution in [0.3, 0.4) is 0 Å². The number of nitrogens with zero attached hydrogens (tertiary/aromatic N) is 5. The van der Waals surface area contributed by atoms with Gasteiger partial charge in [-0.05, 0) is 68.4 Å². The number of anilines is 1. The van der Waals surface area contributed by atoms with E-state index in [1.165, 1.54) is 0 Å². The molecule has 1 aliphatic carbocycles. The van der Waals surface area contributed by atoms with Crippen molar-refractivity contribution >= 4 is 11.7 Å². The predicted molar refractivity (Wildman–Crippen MR) is 124 cm³/mol. The molecule has 1 saturated carbocycles. The number of rotatable bonds is 4. The summed E-state index contributed by atoms with van der Waals surface area (Å²) in [5.41, 5.74) is 1.43. The molecule has 3 unspecified atom stereocenters. The summed E-state index contributed by atoms with van der Waals surface area (Å²) in [6.45, 7) is 4.12. The highest BCUT2D eigenvalue weighted by Crippen LogP contribution is 2.38. The molecule has 2 bridgehead atoms. The van der Waals surface area contributed by atoms with Crippen molar-refractivity contribution < 1.29 is 18.0 Å². The number of aromatic nitrogens is 4. The number of halogens is 3. The Morgan fingerprint density at radius 1 is 1.06 bits per heavy atom. The van der Waals surface area contributed by atoms with Crippen molar-refractivity contribution in [2.24, 2.45) is 5.92 Å². The van der Waals surface area contributed by atoms with Crippen LogP contribution in [-0.2, 0) is 6.18 Å². The zero-order valence-electron chi connectivity index (χ0n) is 19.4. The zero-order valence-corrected chi connectivity index (χ0v) is 19.4. The van der Waals surface area contributed by atoms with Gasteiger partial charge in [0.25, 0.3) is 5.91 Å². The monoisotopic (exact) mass is 482 g/mol. The predicted octanol–water partition coefficient (Wildman–Crippen LogP) is 4.67. The van der Waals surface area contributed by atoms with Crippen LogP contribution in [0.15, 0.2) is 43.0 Å². The maximum Gasteiger partial charge on any atom is 0.417 e. The van der Waals surface area contributed by atoms with Gasteiger partial charge in [-0.3, -0.25) is 9.78 Å². The number of amides is 1. The molecule has 7 nitrogen and oxygen atoms in total. The fourth-order valence-electron chi connectivity index (χ4n) is 5.12. The maximum atomic E-state index is 13.8. The van der Waals surface area contributed by atoms with Crippen molar-refractivity contribution in [3.63, 3.8) is 0 Å². The van der Waals surface area contributed by atoms with E-state index in [0.717, 1.165) is 37.1 Å². The molecule has 10 heteroatoms. The molecular formula is C25H25F3N6O. The second kappa shape index (κ2) is 8.90. The standard InChI is InChI=1S/C25H25F3N6O/c1-14-8-18(23-29-6-3-7-30-23)21(31-11-14)24(35)34-13-16-4-5-20(34)19(10-16)33-22-15(2)9-17(12-32-22)25(26,27)28/h3,6-9,11-12,16,19-20H,4-5,10,13H2,1-2H3,(H,32,33). The van der Waals surface area contributed by atoms with Crippen molar-refractivity contribution in [2.75, 3.05) is 11.9 Å². The van der Waals surface area contributed by atoms with Crippen LogP contribution in [0, 0.1) is 19.8 Å². The molecule has 182 valence electrons. The second-order valence-electron chi connectivity index (χ2n) is 9.32. The Morgan fingerprint density at radius 3 is 2.51 bits per heavy atom. The summed E-state index contributed by atoms with van der Waals surface area (Å²) in [6, 6.07) is 4.44. The molecule has 3 aliphatic rings. The lowest BCUT2D eigenvalue weighted by atomic mass is 9.76. The van der Waals surface area contributed by atoms with Crippen molar-refractivity contribution in [3.05, 3.63) is 65.4 Å².